The predicted octanol–water partition coefficient (Wildman–Crippen LogP) is 7.14. The Morgan fingerprint density at radius 2 is 1.54 bits per heavy atom. The summed E-state index contributed by atoms with van der Waals surface area (Å²) in [7, 11) is 0. The van der Waals surface area contributed by atoms with Gasteiger partial charge in [-0.05, 0) is 57.8 Å². The fraction of sp³-hybridized carbons (Fsp3) is 0.160. The van der Waals surface area contributed by atoms with Gasteiger partial charge in [0.25, 0.3) is 0 Å². The van der Waals surface area contributed by atoms with E-state index in [0.717, 1.165) is 16.7 Å². The molecule has 1 aromatic heterocycles. The Bertz CT molecular complexity index is 1160. The van der Waals surface area contributed by atoms with Gasteiger partial charge in [-0.1, -0.05) is 57.2 Å². The van der Waals surface area contributed by atoms with Crippen molar-refractivity contribution in [3.05, 3.63) is 90.1 Å². The van der Waals surface area contributed by atoms with Gasteiger partial charge in [0.1, 0.15) is 11.6 Å². The summed E-state index contributed by atoms with van der Waals surface area (Å²) in [6.07, 6.45) is 1.88. The standard InChI is InChI=1S/C25H21F2N/c1-25(2,3)22-15-28-24(14-20(22)16-7-5-4-6-8-16)18-11-17-9-10-19(26)13-21(17)23(27)12-18/h4-15H,1-3H3. The first-order chi connectivity index (χ1) is 13.3. The van der Waals surface area contributed by atoms with Crippen molar-refractivity contribution < 1.29 is 8.78 Å². The topological polar surface area (TPSA) is 12.9 Å². The fourth-order valence-corrected chi connectivity index (χ4v) is 3.50. The minimum atomic E-state index is -0.449. The fourth-order valence-electron chi connectivity index (χ4n) is 3.50. The smallest absolute Gasteiger partial charge is 0.131 e. The molecule has 0 saturated heterocycles. The van der Waals surface area contributed by atoms with Crippen molar-refractivity contribution in [2.75, 3.05) is 0 Å². The molecular formula is C25H21F2N. The molecular weight excluding hydrogens is 352 g/mol. The molecule has 4 aromatic rings. The molecule has 0 aliphatic rings. The Hall–Kier alpha value is -3.07. The molecule has 0 aliphatic heterocycles. The summed E-state index contributed by atoms with van der Waals surface area (Å²) in [5.74, 6) is -0.895. The maximum atomic E-state index is 14.6. The van der Waals surface area contributed by atoms with Crippen LogP contribution in [-0.4, -0.2) is 4.98 Å². The van der Waals surface area contributed by atoms with E-state index in [1.165, 1.54) is 18.2 Å². The third-order valence-electron chi connectivity index (χ3n) is 4.96. The summed E-state index contributed by atoms with van der Waals surface area (Å²) >= 11 is 0. The SMILES string of the molecule is CC(C)(C)c1cnc(-c2cc(F)c3cc(F)ccc3c2)cc1-c1ccccc1. The lowest BCUT2D eigenvalue weighted by molar-refractivity contribution is 0.589. The van der Waals surface area contributed by atoms with Crippen molar-refractivity contribution in [2.24, 2.45) is 0 Å². The number of aromatic nitrogens is 1. The monoisotopic (exact) mass is 373 g/mol. The van der Waals surface area contributed by atoms with Crippen LogP contribution in [0.15, 0.2) is 72.9 Å². The average molecular weight is 373 g/mol. The van der Waals surface area contributed by atoms with Gasteiger partial charge in [0, 0.05) is 17.1 Å². The van der Waals surface area contributed by atoms with Crippen molar-refractivity contribution in [1.29, 1.82) is 0 Å². The van der Waals surface area contributed by atoms with Gasteiger partial charge in [0.15, 0.2) is 0 Å². The van der Waals surface area contributed by atoms with Crippen LogP contribution in [0.5, 0.6) is 0 Å². The lowest BCUT2D eigenvalue weighted by Crippen LogP contribution is -2.13. The molecule has 1 nitrogen and oxygen atoms in total. The Morgan fingerprint density at radius 3 is 2.25 bits per heavy atom. The normalized spacial score (nSPS) is 11.8. The molecule has 0 fully saturated rings. The lowest BCUT2D eigenvalue weighted by atomic mass is 9.82. The highest BCUT2D eigenvalue weighted by Crippen LogP contribution is 2.35. The molecule has 3 heteroatoms. The Morgan fingerprint density at radius 1 is 0.786 bits per heavy atom. The van der Waals surface area contributed by atoms with Crippen LogP contribution in [0, 0.1) is 11.6 Å². The van der Waals surface area contributed by atoms with Gasteiger partial charge in [0.05, 0.1) is 5.69 Å². The van der Waals surface area contributed by atoms with Crippen LogP contribution >= 0.6 is 0 Å². The van der Waals surface area contributed by atoms with E-state index >= 15 is 0 Å². The van der Waals surface area contributed by atoms with Gasteiger partial charge in [-0.2, -0.15) is 0 Å². The third-order valence-corrected chi connectivity index (χ3v) is 4.96. The van der Waals surface area contributed by atoms with Crippen LogP contribution in [0.1, 0.15) is 26.3 Å². The second-order valence-electron chi connectivity index (χ2n) is 8.05. The molecule has 0 saturated carbocycles. The van der Waals surface area contributed by atoms with Crippen LogP contribution < -0.4 is 0 Å². The molecule has 0 aliphatic carbocycles. The number of hydrogen-bond donors (Lipinski definition) is 0. The van der Waals surface area contributed by atoms with E-state index < -0.39 is 11.6 Å². The number of rotatable bonds is 2. The molecule has 0 N–H and O–H groups in total. The summed E-state index contributed by atoms with van der Waals surface area (Å²) in [6.45, 7) is 6.46. The van der Waals surface area contributed by atoms with Gasteiger partial charge < -0.3 is 0 Å². The zero-order chi connectivity index (χ0) is 19.9. The molecule has 28 heavy (non-hydrogen) atoms. The van der Waals surface area contributed by atoms with E-state index in [4.69, 9.17) is 0 Å². The van der Waals surface area contributed by atoms with Crippen LogP contribution in [-0.2, 0) is 5.41 Å². The maximum absolute atomic E-state index is 14.6. The van der Waals surface area contributed by atoms with E-state index in [1.807, 2.05) is 36.5 Å². The van der Waals surface area contributed by atoms with Crippen molar-refractivity contribution in [1.82, 2.24) is 4.98 Å². The molecule has 0 amide bonds. The number of benzene rings is 3. The second kappa shape index (κ2) is 6.83. The molecule has 0 spiro atoms. The zero-order valence-corrected chi connectivity index (χ0v) is 16.1. The molecule has 0 bridgehead atoms. The molecule has 3 aromatic carbocycles. The highest BCUT2D eigenvalue weighted by atomic mass is 19.1. The van der Waals surface area contributed by atoms with E-state index in [9.17, 15) is 8.78 Å². The van der Waals surface area contributed by atoms with E-state index in [0.29, 0.717) is 16.6 Å². The lowest BCUT2D eigenvalue weighted by Gasteiger charge is -2.23. The highest BCUT2D eigenvalue weighted by molar-refractivity contribution is 5.88. The van der Waals surface area contributed by atoms with Gasteiger partial charge in [-0.25, -0.2) is 8.78 Å². The van der Waals surface area contributed by atoms with Gasteiger partial charge >= 0.3 is 0 Å². The predicted molar refractivity (Wildman–Crippen MR) is 111 cm³/mol. The molecule has 0 radical (unpaired) electrons. The summed E-state index contributed by atoms with van der Waals surface area (Å²) in [6, 6.07) is 19.6. The molecule has 0 atom stereocenters. The molecule has 0 unspecified atom stereocenters. The zero-order valence-electron chi connectivity index (χ0n) is 16.1. The minimum Gasteiger partial charge on any atom is -0.256 e. The van der Waals surface area contributed by atoms with Crippen LogP contribution in [0.3, 0.4) is 0 Å². The number of fused-ring (bicyclic) bond motifs is 1. The van der Waals surface area contributed by atoms with E-state index in [1.54, 1.807) is 6.07 Å². The van der Waals surface area contributed by atoms with E-state index in [2.05, 4.69) is 37.9 Å². The first-order valence-corrected chi connectivity index (χ1v) is 9.28. The number of nitrogens with zero attached hydrogens (tertiary/aromatic N) is 1. The second-order valence-corrected chi connectivity index (χ2v) is 8.05. The maximum Gasteiger partial charge on any atom is 0.131 e. The largest absolute Gasteiger partial charge is 0.256 e. The number of halogens is 2. The van der Waals surface area contributed by atoms with Crippen molar-refractivity contribution >= 4 is 10.8 Å². The number of pyridine rings is 1. The van der Waals surface area contributed by atoms with Crippen LogP contribution in [0.2, 0.25) is 0 Å². The van der Waals surface area contributed by atoms with Gasteiger partial charge in [-0.3, -0.25) is 4.98 Å². The highest BCUT2D eigenvalue weighted by Gasteiger charge is 2.20. The summed E-state index contributed by atoms with van der Waals surface area (Å²) in [5, 5.41) is 0.928. The Kier molecular flexibility index (Phi) is 4.46. The summed E-state index contributed by atoms with van der Waals surface area (Å²) in [5.41, 5.74) is 4.59. The first kappa shape index (κ1) is 18.3. The van der Waals surface area contributed by atoms with Crippen molar-refractivity contribution in [3.8, 4) is 22.4 Å². The molecule has 140 valence electrons. The Labute approximate surface area is 163 Å². The average Bonchev–Trinajstić information content (AvgIpc) is 2.68. The van der Waals surface area contributed by atoms with E-state index in [-0.39, 0.29) is 10.8 Å². The third kappa shape index (κ3) is 3.40. The minimum absolute atomic E-state index is 0.0805. The Balaban J connectivity index is 1.92. The quantitative estimate of drug-likeness (QED) is 0.364. The molecule has 4 rings (SSSR count). The van der Waals surface area contributed by atoms with Crippen LogP contribution in [0.25, 0.3) is 33.2 Å². The van der Waals surface area contributed by atoms with Crippen LogP contribution in [0.4, 0.5) is 8.78 Å². The summed E-state index contributed by atoms with van der Waals surface area (Å²) < 4.78 is 28.1. The van der Waals surface area contributed by atoms with Crippen molar-refractivity contribution in [3.63, 3.8) is 0 Å². The summed E-state index contributed by atoms with van der Waals surface area (Å²) in [4.78, 5) is 4.63. The van der Waals surface area contributed by atoms with Gasteiger partial charge in [-0.15, -0.1) is 0 Å². The first-order valence-electron chi connectivity index (χ1n) is 9.28. The van der Waals surface area contributed by atoms with Crippen molar-refractivity contribution in [2.45, 2.75) is 26.2 Å². The molecule has 1 heterocycles. The number of hydrogen-bond acceptors (Lipinski definition) is 1. The van der Waals surface area contributed by atoms with Gasteiger partial charge in [0.2, 0.25) is 0 Å².